The second-order valence-corrected chi connectivity index (χ2v) is 7.50. The molecule has 0 spiro atoms. The van der Waals surface area contributed by atoms with E-state index in [0.29, 0.717) is 34.5 Å². The molecule has 2 aliphatic rings. The Morgan fingerprint density at radius 1 is 1.27 bits per heavy atom. The van der Waals surface area contributed by atoms with Gasteiger partial charge in [-0.05, 0) is 43.5 Å². The molecule has 0 unspecified atom stereocenters. The molecule has 8 nitrogen and oxygen atoms in total. The predicted octanol–water partition coefficient (Wildman–Crippen LogP) is 3.72. The molecule has 1 amide bonds. The summed E-state index contributed by atoms with van der Waals surface area (Å²) in [5.41, 5.74) is 1.71. The van der Waals surface area contributed by atoms with Gasteiger partial charge in [-0.1, -0.05) is 11.8 Å². The second-order valence-electron chi connectivity index (χ2n) is 6.66. The van der Waals surface area contributed by atoms with Gasteiger partial charge in [-0.15, -0.1) is 0 Å². The lowest BCUT2D eigenvalue weighted by molar-refractivity contribution is -0.139. The average Bonchev–Trinajstić information content (AvgIpc) is 3.48. The Morgan fingerprint density at radius 3 is 2.77 bits per heavy atom. The number of rotatable bonds is 7. The van der Waals surface area contributed by atoms with Gasteiger partial charge in [0.05, 0.1) is 43.4 Å². The fraction of sp³-hybridized carbons (Fsp3) is 0.286. The number of hydrogen-bond acceptors (Lipinski definition) is 8. The van der Waals surface area contributed by atoms with Crippen LogP contribution in [-0.2, 0) is 20.9 Å². The molecule has 9 heteroatoms. The number of nitrogens with zero attached hydrogens (tertiary/aromatic N) is 2. The highest BCUT2D eigenvalue weighted by Crippen LogP contribution is 2.44. The van der Waals surface area contributed by atoms with Crippen LogP contribution in [0.25, 0.3) is 0 Å². The maximum absolute atomic E-state index is 12.7. The van der Waals surface area contributed by atoms with Gasteiger partial charge >= 0.3 is 5.97 Å². The molecular weight excluding hydrogens is 406 g/mol. The van der Waals surface area contributed by atoms with Crippen molar-refractivity contribution in [2.45, 2.75) is 32.9 Å². The summed E-state index contributed by atoms with van der Waals surface area (Å²) in [7, 11) is 0. The highest BCUT2D eigenvalue weighted by molar-refractivity contribution is 8.16. The van der Waals surface area contributed by atoms with Gasteiger partial charge in [0, 0.05) is 5.70 Å². The molecule has 4 rings (SSSR count). The fourth-order valence-electron chi connectivity index (χ4n) is 3.38. The van der Waals surface area contributed by atoms with Crippen molar-refractivity contribution in [2.75, 3.05) is 6.61 Å². The standard InChI is InChI=1S/C21H21N3O5S/c1-3-27-20(26)18-13(2)23-21-24(19(18)16-7-5-9-29-16)14(12-30-21)10-17(25)22-11-15-6-4-8-28-15/h4-9,12,19H,3,10-11H2,1-2H3,(H,22,25)/t19-/m1/s1. The lowest BCUT2D eigenvalue weighted by atomic mass is 9.99. The number of hydrogen-bond donors (Lipinski definition) is 1. The van der Waals surface area contributed by atoms with Gasteiger partial charge in [0.1, 0.15) is 17.6 Å². The minimum Gasteiger partial charge on any atom is -0.467 e. The van der Waals surface area contributed by atoms with E-state index in [2.05, 4.69) is 10.3 Å². The second kappa shape index (κ2) is 8.66. The normalized spacial score (nSPS) is 18.1. The van der Waals surface area contributed by atoms with Crippen molar-refractivity contribution in [3.8, 4) is 0 Å². The molecule has 2 aromatic rings. The highest BCUT2D eigenvalue weighted by atomic mass is 32.2. The lowest BCUT2D eigenvalue weighted by Gasteiger charge is -2.34. The highest BCUT2D eigenvalue weighted by Gasteiger charge is 2.42. The number of ether oxygens (including phenoxy) is 1. The van der Waals surface area contributed by atoms with Crippen LogP contribution in [0.4, 0.5) is 0 Å². The van der Waals surface area contributed by atoms with E-state index in [-0.39, 0.29) is 18.9 Å². The minimum atomic E-state index is -0.550. The summed E-state index contributed by atoms with van der Waals surface area (Å²) >= 11 is 1.41. The summed E-state index contributed by atoms with van der Waals surface area (Å²) in [4.78, 5) is 31.7. The molecule has 30 heavy (non-hydrogen) atoms. The Kier molecular flexibility index (Phi) is 5.80. The molecule has 4 heterocycles. The van der Waals surface area contributed by atoms with Crippen molar-refractivity contribution in [1.82, 2.24) is 10.2 Å². The van der Waals surface area contributed by atoms with Crippen LogP contribution in [0.2, 0.25) is 0 Å². The number of nitrogens with one attached hydrogen (secondary N) is 1. The Bertz CT molecular complexity index is 1020. The van der Waals surface area contributed by atoms with Crippen molar-refractivity contribution in [3.05, 3.63) is 70.7 Å². The Morgan fingerprint density at radius 2 is 2.07 bits per heavy atom. The minimum absolute atomic E-state index is 0.124. The first-order chi connectivity index (χ1) is 14.6. The largest absolute Gasteiger partial charge is 0.467 e. The van der Waals surface area contributed by atoms with E-state index in [9.17, 15) is 9.59 Å². The molecule has 2 aliphatic heterocycles. The Hall–Kier alpha value is -3.20. The molecule has 0 fully saturated rings. The molecule has 0 saturated carbocycles. The maximum Gasteiger partial charge on any atom is 0.338 e. The smallest absolute Gasteiger partial charge is 0.338 e. The number of amides is 1. The summed E-state index contributed by atoms with van der Waals surface area (Å²) in [5.74, 6) is 0.642. The number of allylic oxidation sites excluding steroid dienone is 1. The van der Waals surface area contributed by atoms with Gasteiger partial charge in [0.15, 0.2) is 5.17 Å². The van der Waals surface area contributed by atoms with Crippen LogP contribution in [0.1, 0.15) is 37.8 Å². The van der Waals surface area contributed by atoms with Gasteiger partial charge < -0.3 is 23.8 Å². The quantitative estimate of drug-likeness (QED) is 0.673. The molecule has 0 bridgehead atoms. The average molecular weight is 427 g/mol. The number of furan rings is 2. The summed E-state index contributed by atoms with van der Waals surface area (Å²) < 4.78 is 16.2. The number of esters is 1. The van der Waals surface area contributed by atoms with Gasteiger partial charge in [-0.3, -0.25) is 4.79 Å². The van der Waals surface area contributed by atoms with Gasteiger partial charge in [0.2, 0.25) is 5.91 Å². The molecule has 1 atom stereocenters. The summed E-state index contributed by atoms with van der Waals surface area (Å²) in [5, 5.41) is 5.41. The molecule has 1 N–H and O–H groups in total. The van der Waals surface area contributed by atoms with Crippen LogP contribution in [0.5, 0.6) is 0 Å². The van der Waals surface area contributed by atoms with Crippen molar-refractivity contribution in [3.63, 3.8) is 0 Å². The van der Waals surface area contributed by atoms with Crippen LogP contribution in [0, 0.1) is 0 Å². The molecule has 0 aromatic carbocycles. The maximum atomic E-state index is 12.7. The zero-order valence-corrected chi connectivity index (χ0v) is 17.4. The summed E-state index contributed by atoms with van der Waals surface area (Å²) in [6, 6.07) is 6.59. The van der Waals surface area contributed by atoms with Crippen LogP contribution in [0.3, 0.4) is 0 Å². The zero-order valence-electron chi connectivity index (χ0n) is 16.6. The van der Waals surface area contributed by atoms with E-state index in [1.54, 1.807) is 50.6 Å². The molecule has 0 saturated heterocycles. The number of aliphatic imine (C=N–C) groups is 1. The third-order valence-electron chi connectivity index (χ3n) is 4.69. The molecule has 0 aliphatic carbocycles. The van der Waals surface area contributed by atoms with Crippen molar-refractivity contribution >= 4 is 28.8 Å². The molecule has 2 aromatic heterocycles. The zero-order chi connectivity index (χ0) is 21.1. The van der Waals surface area contributed by atoms with E-state index in [4.69, 9.17) is 13.6 Å². The fourth-order valence-corrected chi connectivity index (χ4v) is 4.35. The van der Waals surface area contributed by atoms with Crippen LogP contribution >= 0.6 is 11.8 Å². The first kappa shape index (κ1) is 20.1. The van der Waals surface area contributed by atoms with E-state index in [1.165, 1.54) is 11.8 Å². The van der Waals surface area contributed by atoms with E-state index in [1.807, 2.05) is 10.3 Å². The summed E-state index contributed by atoms with van der Waals surface area (Å²) in [6.07, 6.45) is 3.24. The predicted molar refractivity (Wildman–Crippen MR) is 111 cm³/mol. The van der Waals surface area contributed by atoms with E-state index >= 15 is 0 Å². The number of carbonyl (C=O) groups excluding carboxylic acids is 2. The number of fused-ring (bicyclic) bond motifs is 1. The van der Waals surface area contributed by atoms with Crippen molar-refractivity contribution < 1.29 is 23.2 Å². The van der Waals surface area contributed by atoms with Crippen LogP contribution < -0.4 is 5.32 Å². The topological polar surface area (TPSA) is 97.3 Å². The van der Waals surface area contributed by atoms with Gasteiger partial charge in [-0.2, -0.15) is 0 Å². The third-order valence-corrected chi connectivity index (χ3v) is 5.58. The monoisotopic (exact) mass is 427 g/mol. The van der Waals surface area contributed by atoms with Gasteiger partial charge in [-0.25, -0.2) is 9.79 Å². The van der Waals surface area contributed by atoms with Crippen LogP contribution in [0.15, 0.2) is 73.0 Å². The molecule has 0 radical (unpaired) electrons. The Labute approximate surface area is 177 Å². The first-order valence-corrected chi connectivity index (χ1v) is 10.4. The third kappa shape index (κ3) is 3.93. The molecule has 156 valence electrons. The number of amidine groups is 1. The SMILES string of the molecule is CCOC(=O)C1=C(C)N=C2SC=C(CC(=O)NCc3ccco3)N2[C@@H]1c1ccco1. The summed E-state index contributed by atoms with van der Waals surface area (Å²) in [6.45, 7) is 4.10. The lowest BCUT2D eigenvalue weighted by Crippen LogP contribution is -2.37. The van der Waals surface area contributed by atoms with Crippen LogP contribution in [-0.4, -0.2) is 28.6 Å². The van der Waals surface area contributed by atoms with Crippen molar-refractivity contribution in [2.24, 2.45) is 4.99 Å². The van der Waals surface area contributed by atoms with Gasteiger partial charge in [0.25, 0.3) is 0 Å². The number of carbonyl (C=O) groups is 2. The van der Waals surface area contributed by atoms with E-state index in [0.717, 1.165) is 5.70 Å². The van der Waals surface area contributed by atoms with E-state index < -0.39 is 12.0 Å². The number of thioether (sulfide) groups is 1. The first-order valence-electron chi connectivity index (χ1n) is 9.52. The van der Waals surface area contributed by atoms with Crippen molar-refractivity contribution in [1.29, 1.82) is 0 Å². The Balaban J connectivity index is 1.58. The molecular formula is C21H21N3O5S.